The molecule has 0 fully saturated rings. The molecule has 86 valence electrons. The zero-order chi connectivity index (χ0) is 12.3. The molecule has 0 radical (unpaired) electrons. The number of benzene rings is 1. The lowest BCUT2D eigenvalue weighted by molar-refractivity contribution is 0.0698. The van der Waals surface area contributed by atoms with Crippen LogP contribution in [0.3, 0.4) is 0 Å². The van der Waals surface area contributed by atoms with Gasteiger partial charge in [-0.2, -0.15) is 0 Å². The monoisotopic (exact) mass is 232 g/mol. The van der Waals surface area contributed by atoms with Gasteiger partial charge in [0, 0.05) is 11.9 Å². The topological polar surface area (TPSA) is 62.2 Å². The zero-order valence-electron chi connectivity index (χ0n) is 8.72. The van der Waals surface area contributed by atoms with E-state index in [0.29, 0.717) is 11.4 Å². The molecule has 1 aromatic carbocycles. The van der Waals surface area contributed by atoms with Crippen molar-refractivity contribution in [2.75, 3.05) is 5.32 Å². The summed E-state index contributed by atoms with van der Waals surface area (Å²) in [5, 5.41) is 11.8. The maximum absolute atomic E-state index is 13.0. The molecule has 2 N–H and O–H groups in total. The van der Waals surface area contributed by atoms with E-state index in [1.165, 1.54) is 36.7 Å². The van der Waals surface area contributed by atoms with Crippen molar-refractivity contribution in [3.05, 3.63) is 54.1 Å². The summed E-state index contributed by atoms with van der Waals surface area (Å²) in [6.45, 7) is 0. The highest BCUT2D eigenvalue weighted by Crippen LogP contribution is 2.20. The molecule has 0 atom stereocenters. The number of carbonyl (C=O) groups is 1. The summed E-state index contributed by atoms with van der Waals surface area (Å²) in [6.07, 6.45) is 2.77. The second kappa shape index (κ2) is 4.61. The fourth-order valence-corrected chi connectivity index (χ4v) is 1.40. The number of halogens is 1. The van der Waals surface area contributed by atoms with E-state index in [1.54, 1.807) is 6.07 Å². The SMILES string of the molecule is O=C(O)c1ccncc1Nc1cccc(F)c1. The molecule has 0 saturated carbocycles. The molecule has 0 aliphatic rings. The van der Waals surface area contributed by atoms with E-state index in [2.05, 4.69) is 10.3 Å². The number of rotatable bonds is 3. The average molecular weight is 232 g/mol. The quantitative estimate of drug-likeness (QED) is 0.853. The molecule has 2 rings (SSSR count). The molecule has 0 bridgehead atoms. The molecule has 17 heavy (non-hydrogen) atoms. The molecule has 1 aromatic heterocycles. The predicted octanol–water partition coefficient (Wildman–Crippen LogP) is 2.66. The number of anilines is 2. The molecule has 0 amide bonds. The first-order valence-electron chi connectivity index (χ1n) is 4.87. The first-order valence-corrected chi connectivity index (χ1v) is 4.87. The molecular weight excluding hydrogens is 223 g/mol. The van der Waals surface area contributed by atoms with Crippen LogP contribution in [0.2, 0.25) is 0 Å². The van der Waals surface area contributed by atoms with Gasteiger partial charge in [-0.3, -0.25) is 4.98 Å². The van der Waals surface area contributed by atoms with Gasteiger partial charge in [-0.1, -0.05) is 6.07 Å². The first kappa shape index (κ1) is 11.1. The van der Waals surface area contributed by atoms with Gasteiger partial charge >= 0.3 is 5.97 Å². The van der Waals surface area contributed by atoms with Crippen molar-refractivity contribution in [1.82, 2.24) is 4.98 Å². The van der Waals surface area contributed by atoms with E-state index in [1.807, 2.05) is 0 Å². The molecule has 5 heteroatoms. The summed E-state index contributed by atoms with van der Waals surface area (Å²) in [7, 11) is 0. The number of pyridine rings is 1. The van der Waals surface area contributed by atoms with E-state index in [-0.39, 0.29) is 5.56 Å². The molecule has 0 spiro atoms. The van der Waals surface area contributed by atoms with Gasteiger partial charge in [-0.25, -0.2) is 9.18 Å². The number of hydrogen-bond acceptors (Lipinski definition) is 3. The summed E-state index contributed by atoms with van der Waals surface area (Å²) in [6, 6.07) is 7.14. The third kappa shape index (κ3) is 2.57. The van der Waals surface area contributed by atoms with Crippen LogP contribution in [0.15, 0.2) is 42.7 Å². The Hall–Kier alpha value is -2.43. The van der Waals surface area contributed by atoms with Gasteiger partial charge in [0.05, 0.1) is 17.4 Å². The fourth-order valence-electron chi connectivity index (χ4n) is 1.40. The van der Waals surface area contributed by atoms with E-state index in [0.717, 1.165) is 0 Å². The molecule has 0 saturated heterocycles. The summed E-state index contributed by atoms with van der Waals surface area (Å²) in [4.78, 5) is 14.8. The van der Waals surface area contributed by atoms with E-state index in [9.17, 15) is 9.18 Å². The van der Waals surface area contributed by atoms with Gasteiger partial charge in [0.15, 0.2) is 0 Å². The highest BCUT2D eigenvalue weighted by Gasteiger charge is 2.09. The van der Waals surface area contributed by atoms with Gasteiger partial charge < -0.3 is 10.4 Å². The summed E-state index contributed by atoms with van der Waals surface area (Å²) in [5.41, 5.74) is 0.885. The van der Waals surface area contributed by atoms with Crippen LogP contribution in [0.1, 0.15) is 10.4 Å². The van der Waals surface area contributed by atoms with Crippen molar-refractivity contribution >= 4 is 17.3 Å². The standard InChI is InChI=1S/C12H9FN2O2/c13-8-2-1-3-9(6-8)15-11-7-14-5-4-10(11)12(16)17/h1-7,15H,(H,16,17). The molecule has 1 heterocycles. The van der Waals surface area contributed by atoms with Gasteiger partial charge in [0.25, 0.3) is 0 Å². The van der Waals surface area contributed by atoms with Crippen molar-refractivity contribution in [2.45, 2.75) is 0 Å². The highest BCUT2D eigenvalue weighted by atomic mass is 19.1. The second-order valence-electron chi connectivity index (χ2n) is 3.36. The lowest BCUT2D eigenvalue weighted by Crippen LogP contribution is -2.03. The van der Waals surface area contributed by atoms with Crippen LogP contribution in [0, 0.1) is 5.82 Å². The van der Waals surface area contributed by atoms with Gasteiger partial charge in [0.2, 0.25) is 0 Å². The van der Waals surface area contributed by atoms with Crippen LogP contribution in [0.4, 0.5) is 15.8 Å². The number of carboxylic acids is 1. The predicted molar refractivity (Wildman–Crippen MR) is 60.9 cm³/mol. The van der Waals surface area contributed by atoms with Gasteiger partial charge in [0.1, 0.15) is 5.82 Å². The number of hydrogen-bond donors (Lipinski definition) is 2. The molecule has 2 aromatic rings. The number of nitrogens with one attached hydrogen (secondary N) is 1. The number of aromatic nitrogens is 1. The van der Waals surface area contributed by atoms with Crippen LogP contribution in [-0.2, 0) is 0 Å². The van der Waals surface area contributed by atoms with Crippen molar-refractivity contribution < 1.29 is 14.3 Å². The zero-order valence-corrected chi connectivity index (χ0v) is 8.72. The van der Waals surface area contributed by atoms with Crippen molar-refractivity contribution in [2.24, 2.45) is 0 Å². The summed E-state index contributed by atoms with van der Waals surface area (Å²) < 4.78 is 13.0. The van der Waals surface area contributed by atoms with E-state index < -0.39 is 11.8 Å². The number of nitrogens with zero attached hydrogens (tertiary/aromatic N) is 1. The van der Waals surface area contributed by atoms with Crippen molar-refractivity contribution in [3.63, 3.8) is 0 Å². The molecule has 0 aliphatic heterocycles. The van der Waals surface area contributed by atoms with Crippen molar-refractivity contribution in [3.8, 4) is 0 Å². The third-order valence-corrected chi connectivity index (χ3v) is 2.16. The maximum Gasteiger partial charge on any atom is 0.337 e. The maximum atomic E-state index is 13.0. The Kier molecular flexibility index (Phi) is 3.00. The Morgan fingerprint density at radius 1 is 1.35 bits per heavy atom. The van der Waals surface area contributed by atoms with Crippen LogP contribution >= 0.6 is 0 Å². The Labute approximate surface area is 96.7 Å². The Bertz CT molecular complexity index is 558. The summed E-state index contributed by atoms with van der Waals surface area (Å²) in [5.74, 6) is -1.46. The molecule has 4 nitrogen and oxygen atoms in total. The second-order valence-corrected chi connectivity index (χ2v) is 3.36. The van der Waals surface area contributed by atoms with Crippen LogP contribution in [0.5, 0.6) is 0 Å². The largest absolute Gasteiger partial charge is 0.478 e. The normalized spacial score (nSPS) is 9.94. The number of carboxylic acid groups (broad SMARTS) is 1. The molecular formula is C12H9FN2O2. The van der Waals surface area contributed by atoms with Crippen LogP contribution in [0.25, 0.3) is 0 Å². The Morgan fingerprint density at radius 2 is 2.18 bits per heavy atom. The van der Waals surface area contributed by atoms with Crippen molar-refractivity contribution in [1.29, 1.82) is 0 Å². The Balaban J connectivity index is 2.33. The minimum atomic E-state index is -1.06. The van der Waals surface area contributed by atoms with Gasteiger partial charge in [-0.05, 0) is 24.3 Å². The van der Waals surface area contributed by atoms with E-state index in [4.69, 9.17) is 5.11 Å². The minimum absolute atomic E-state index is 0.0873. The lowest BCUT2D eigenvalue weighted by Gasteiger charge is -2.08. The summed E-state index contributed by atoms with van der Waals surface area (Å²) >= 11 is 0. The average Bonchev–Trinajstić information content (AvgIpc) is 2.29. The number of aromatic carboxylic acids is 1. The molecule has 0 aliphatic carbocycles. The Morgan fingerprint density at radius 3 is 2.88 bits per heavy atom. The van der Waals surface area contributed by atoms with E-state index >= 15 is 0 Å². The van der Waals surface area contributed by atoms with Gasteiger partial charge in [-0.15, -0.1) is 0 Å². The first-order chi connectivity index (χ1) is 8.16. The minimum Gasteiger partial charge on any atom is -0.478 e. The van der Waals surface area contributed by atoms with Crippen LogP contribution < -0.4 is 5.32 Å². The lowest BCUT2D eigenvalue weighted by atomic mass is 10.2. The highest BCUT2D eigenvalue weighted by molar-refractivity contribution is 5.94. The fraction of sp³-hybridized carbons (Fsp3) is 0. The third-order valence-electron chi connectivity index (χ3n) is 2.16. The smallest absolute Gasteiger partial charge is 0.337 e. The molecule has 0 unspecified atom stereocenters. The van der Waals surface area contributed by atoms with Crippen LogP contribution in [-0.4, -0.2) is 16.1 Å².